The monoisotopic (exact) mass is 336 g/mol. The first-order chi connectivity index (χ1) is 10.7. The summed E-state index contributed by atoms with van der Waals surface area (Å²) in [6, 6.07) is 2.24. The van der Waals surface area contributed by atoms with Crippen LogP contribution in [0.5, 0.6) is 5.75 Å². The van der Waals surface area contributed by atoms with E-state index in [0.717, 1.165) is 25.1 Å². The Morgan fingerprint density at radius 3 is 3.04 bits per heavy atom. The molecule has 4 unspecified atom stereocenters. The zero-order valence-corrected chi connectivity index (χ0v) is 13.6. The Kier molecular flexibility index (Phi) is 4.60. The molecular formula is C17H21ClN2O3. The first-order valence-electron chi connectivity index (χ1n) is 8.00. The highest BCUT2D eigenvalue weighted by Gasteiger charge is 2.42. The Labute approximate surface area is 141 Å². The van der Waals surface area contributed by atoms with E-state index in [4.69, 9.17) is 9.84 Å². The second-order valence-electron chi connectivity index (χ2n) is 6.43. The van der Waals surface area contributed by atoms with Crippen LogP contribution in [0.25, 0.3) is 0 Å². The molecule has 0 radical (unpaired) electrons. The molecule has 0 aromatic carbocycles. The number of pyridine rings is 1. The maximum atomic E-state index is 11.2. The zero-order chi connectivity index (χ0) is 15.1. The summed E-state index contributed by atoms with van der Waals surface area (Å²) in [5.41, 5.74) is 1.13. The molecule has 2 aliphatic heterocycles. The number of halogens is 1. The fraction of sp³-hybridized carbons (Fsp3) is 0.529. The molecule has 0 amide bonds. The summed E-state index contributed by atoms with van der Waals surface area (Å²) in [6.07, 6.45) is 9.27. The molecule has 1 aromatic rings. The Morgan fingerprint density at radius 2 is 2.22 bits per heavy atom. The minimum atomic E-state index is -0.961. The molecule has 2 fully saturated rings. The number of ether oxygens (including phenoxy) is 1. The third-order valence-corrected chi connectivity index (χ3v) is 5.32. The second-order valence-corrected chi connectivity index (χ2v) is 6.43. The van der Waals surface area contributed by atoms with Crippen LogP contribution >= 0.6 is 12.4 Å². The van der Waals surface area contributed by atoms with Crippen molar-refractivity contribution in [2.24, 2.45) is 11.8 Å². The highest BCUT2D eigenvalue weighted by atomic mass is 35.5. The van der Waals surface area contributed by atoms with Crippen LogP contribution in [0.15, 0.2) is 24.4 Å². The van der Waals surface area contributed by atoms with Gasteiger partial charge in [0, 0.05) is 18.2 Å². The lowest BCUT2D eigenvalue weighted by atomic mass is 9.68. The molecule has 23 heavy (non-hydrogen) atoms. The number of carboxylic acids is 1. The molecule has 3 aliphatic rings. The summed E-state index contributed by atoms with van der Waals surface area (Å²) < 4.78 is 5.75. The van der Waals surface area contributed by atoms with Crippen molar-refractivity contribution in [1.82, 2.24) is 10.3 Å². The molecule has 4 rings (SSSR count). The Morgan fingerprint density at radius 1 is 1.35 bits per heavy atom. The maximum absolute atomic E-state index is 11.2. The van der Waals surface area contributed by atoms with Gasteiger partial charge in [0.1, 0.15) is 12.4 Å². The molecule has 3 heterocycles. The molecule has 0 spiro atoms. The van der Waals surface area contributed by atoms with Crippen LogP contribution in [-0.2, 0) is 0 Å². The summed E-state index contributed by atoms with van der Waals surface area (Å²) in [5.74, 6) is 1.14. The molecule has 2 N–H and O–H groups in total. The van der Waals surface area contributed by atoms with E-state index in [0.29, 0.717) is 36.2 Å². The highest BCUT2D eigenvalue weighted by Crippen LogP contribution is 2.47. The van der Waals surface area contributed by atoms with Crippen molar-refractivity contribution in [2.45, 2.75) is 31.2 Å². The number of nitrogens with one attached hydrogen (secondary N) is 1. The van der Waals surface area contributed by atoms with Crippen LogP contribution in [0.3, 0.4) is 0 Å². The average molecular weight is 337 g/mol. The number of aromatic carboxylic acids is 1. The minimum Gasteiger partial charge on any atom is -0.488 e. The van der Waals surface area contributed by atoms with E-state index in [1.807, 2.05) is 0 Å². The van der Waals surface area contributed by atoms with Crippen LogP contribution in [0.4, 0.5) is 0 Å². The number of allylic oxidation sites excluding steroid dienone is 1. The lowest BCUT2D eigenvalue weighted by molar-refractivity contribution is 0.0695. The van der Waals surface area contributed by atoms with Crippen molar-refractivity contribution < 1.29 is 14.6 Å². The largest absolute Gasteiger partial charge is 0.488 e. The number of nitrogens with zero attached hydrogens (tertiary/aromatic N) is 1. The van der Waals surface area contributed by atoms with Crippen molar-refractivity contribution in [1.29, 1.82) is 0 Å². The van der Waals surface area contributed by atoms with E-state index in [2.05, 4.69) is 22.5 Å². The predicted molar refractivity (Wildman–Crippen MR) is 88.4 cm³/mol. The molecule has 1 aromatic heterocycles. The van der Waals surface area contributed by atoms with Crippen molar-refractivity contribution in [3.63, 3.8) is 0 Å². The zero-order valence-electron chi connectivity index (χ0n) is 12.8. The number of fused-ring (bicyclic) bond motifs is 5. The Hall–Kier alpha value is -1.59. The number of hydrogen-bond acceptors (Lipinski definition) is 4. The summed E-state index contributed by atoms with van der Waals surface area (Å²) in [5, 5.41) is 12.8. The van der Waals surface area contributed by atoms with E-state index in [-0.39, 0.29) is 18.0 Å². The van der Waals surface area contributed by atoms with Crippen molar-refractivity contribution in [2.75, 3.05) is 13.2 Å². The van der Waals surface area contributed by atoms with Crippen molar-refractivity contribution in [3.8, 4) is 5.75 Å². The Bertz CT molecular complexity index is 634. The van der Waals surface area contributed by atoms with Crippen molar-refractivity contribution >= 4 is 18.4 Å². The predicted octanol–water partition coefficient (Wildman–Crippen LogP) is 2.62. The molecule has 6 heteroatoms. The SMILES string of the molecule is Cl.O=C(O)c1cnc2c(c1)OC/C=C\C1C2CCC2NCCC21. The third kappa shape index (κ3) is 2.83. The van der Waals surface area contributed by atoms with Gasteiger partial charge >= 0.3 is 5.97 Å². The summed E-state index contributed by atoms with van der Waals surface area (Å²) in [6.45, 7) is 1.58. The van der Waals surface area contributed by atoms with Gasteiger partial charge in [-0.1, -0.05) is 12.2 Å². The maximum Gasteiger partial charge on any atom is 0.337 e. The van der Waals surface area contributed by atoms with Gasteiger partial charge in [-0.2, -0.15) is 0 Å². The molecule has 1 aliphatic carbocycles. The van der Waals surface area contributed by atoms with Crippen LogP contribution in [0.1, 0.15) is 41.2 Å². The fourth-order valence-corrected chi connectivity index (χ4v) is 4.33. The summed E-state index contributed by atoms with van der Waals surface area (Å²) in [7, 11) is 0. The number of carbonyl (C=O) groups is 1. The number of rotatable bonds is 1. The molecule has 0 bridgehead atoms. The normalized spacial score (nSPS) is 32.9. The molecule has 124 valence electrons. The highest BCUT2D eigenvalue weighted by molar-refractivity contribution is 5.87. The molecule has 4 atom stereocenters. The van der Waals surface area contributed by atoms with Gasteiger partial charge < -0.3 is 15.2 Å². The van der Waals surface area contributed by atoms with E-state index < -0.39 is 5.97 Å². The van der Waals surface area contributed by atoms with E-state index in [1.165, 1.54) is 12.6 Å². The van der Waals surface area contributed by atoms with E-state index in [9.17, 15) is 4.79 Å². The third-order valence-electron chi connectivity index (χ3n) is 5.32. The van der Waals surface area contributed by atoms with E-state index >= 15 is 0 Å². The summed E-state index contributed by atoms with van der Waals surface area (Å²) in [4.78, 5) is 15.6. The van der Waals surface area contributed by atoms with Gasteiger partial charge in [0.15, 0.2) is 0 Å². The van der Waals surface area contributed by atoms with Gasteiger partial charge in [-0.05, 0) is 43.7 Å². The lowest BCUT2D eigenvalue weighted by Gasteiger charge is -2.39. The molecule has 1 saturated carbocycles. The van der Waals surface area contributed by atoms with Gasteiger partial charge in [-0.15, -0.1) is 12.4 Å². The van der Waals surface area contributed by atoms with Crippen LogP contribution in [0.2, 0.25) is 0 Å². The van der Waals surface area contributed by atoms with Gasteiger partial charge in [-0.25, -0.2) is 4.79 Å². The van der Waals surface area contributed by atoms with Gasteiger partial charge in [-0.3, -0.25) is 4.98 Å². The number of hydrogen-bond donors (Lipinski definition) is 2. The standard InChI is InChI=1S/C17H20N2O3.ClH/c20-17(21)10-8-15-16(19-9-10)13-3-4-14-12(5-6-18-14)11(13)2-1-7-22-15;/h1-2,8-9,11-14,18H,3-7H2,(H,20,21);1H/b2-1-;. The Balaban J connectivity index is 0.00000156. The number of aromatic nitrogens is 1. The first kappa shape index (κ1) is 16.3. The fourth-order valence-electron chi connectivity index (χ4n) is 4.33. The van der Waals surface area contributed by atoms with E-state index in [1.54, 1.807) is 6.07 Å². The quantitative estimate of drug-likeness (QED) is 0.771. The van der Waals surface area contributed by atoms with Crippen LogP contribution < -0.4 is 10.1 Å². The minimum absolute atomic E-state index is 0. The average Bonchev–Trinajstić information content (AvgIpc) is 2.97. The topological polar surface area (TPSA) is 71.5 Å². The molecule has 1 saturated heterocycles. The molecule has 5 nitrogen and oxygen atoms in total. The van der Waals surface area contributed by atoms with Gasteiger partial charge in [0.25, 0.3) is 0 Å². The number of carboxylic acid groups (broad SMARTS) is 1. The summed E-state index contributed by atoms with van der Waals surface area (Å²) >= 11 is 0. The second kappa shape index (κ2) is 6.49. The lowest BCUT2D eigenvalue weighted by Crippen LogP contribution is -2.38. The van der Waals surface area contributed by atoms with Crippen LogP contribution in [0, 0.1) is 11.8 Å². The molecular weight excluding hydrogens is 316 g/mol. The first-order valence-corrected chi connectivity index (χ1v) is 8.00. The van der Waals surface area contributed by atoms with Crippen molar-refractivity contribution in [3.05, 3.63) is 35.7 Å². The van der Waals surface area contributed by atoms with Gasteiger partial charge in [0.2, 0.25) is 0 Å². The smallest absolute Gasteiger partial charge is 0.337 e. The van der Waals surface area contributed by atoms with Gasteiger partial charge in [0.05, 0.1) is 11.3 Å². The van der Waals surface area contributed by atoms with Crippen LogP contribution in [-0.4, -0.2) is 35.3 Å².